The second-order valence-corrected chi connectivity index (χ2v) is 5.00. The van der Waals surface area contributed by atoms with Gasteiger partial charge in [0.05, 0.1) is 11.3 Å². The summed E-state index contributed by atoms with van der Waals surface area (Å²) in [6, 6.07) is 4.14. The molecule has 0 fully saturated rings. The molecule has 0 saturated carbocycles. The standard InChI is InChI=1S/C14H9F5N4O/c15-12(16)10-8(9(20)11-13(21-10)23-24-22-11)5-6-1-3-7(4-2-6)14(17,18)19/h1-4,12H,5,20H2. The van der Waals surface area contributed by atoms with Crippen LogP contribution >= 0.6 is 0 Å². The molecule has 126 valence electrons. The van der Waals surface area contributed by atoms with E-state index in [4.69, 9.17) is 5.73 Å². The first-order chi connectivity index (χ1) is 11.3. The molecular weight excluding hydrogens is 335 g/mol. The summed E-state index contributed by atoms with van der Waals surface area (Å²) in [6.07, 6.45) is -7.53. The zero-order valence-corrected chi connectivity index (χ0v) is 11.8. The molecule has 1 aromatic carbocycles. The van der Waals surface area contributed by atoms with Gasteiger partial charge in [-0.2, -0.15) is 13.2 Å². The second kappa shape index (κ2) is 5.69. The summed E-state index contributed by atoms with van der Waals surface area (Å²) in [5.74, 6) is 0. The van der Waals surface area contributed by atoms with Crippen molar-refractivity contribution in [2.45, 2.75) is 19.0 Å². The molecular formula is C14H9F5N4O. The Hall–Kier alpha value is -2.78. The number of pyridine rings is 1. The van der Waals surface area contributed by atoms with Crippen LogP contribution in [-0.2, 0) is 12.6 Å². The molecule has 0 bridgehead atoms. The fourth-order valence-corrected chi connectivity index (χ4v) is 2.27. The number of alkyl halides is 5. The molecule has 0 amide bonds. The number of nitrogen functional groups attached to an aromatic ring is 1. The van der Waals surface area contributed by atoms with Crippen molar-refractivity contribution in [1.82, 2.24) is 15.3 Å². The molecule has 10 heteroatoms. The van der Waals surface area contributed by atoms with Crippen molar-refractivity contribution in [3.63, 3.8) is 0 Å². The molecule has 2 heterocycles. The van der Waals surface area contributed by atoms with E-state index < -0.39 is 23.9 Å². The number of aromatic nitrogens is 3. The van der Waals surface area contributed by atoms with Crippen LogP contribution in [0.5, 0.6) is 0 Å². The van der Waals surface area contributed by atoms with E-state index in [0.717, 1.165) is 12.1 Å². The first-order valence-corrected chi connectivity index (χ1v) is 6.62. The molecule has 3 aromatic rings. The highest BCUT2D eigenvalue weighted by Gasteiger charge is 2.30. The fourth-order valence-electron chi connectivity index (χ4n) is 2.27. The summed E-state index contributed by atoms with van der Waals surface area (Å²) >= 11 is 0. The molecule has 2 aromatic heterocycles. The Morgan fingerprint density at radius 3 is 2.33 bits per heavy atom. The third kappa shape index (κ3) is 2.86. The number of hydrogen-bond donors (Lipinski definition) is 1. The molecule has 0 radical (unpaired) electrons. The van der Waals surface area contributed by atoms with Crippen LogP contribution in [0.15, 0.2) is 28.9 Å². The average Bonchev–Trinajstić information content (AvgIpc) is 2.98. The largest absolute Gasteiger partial charge is 0.416 e. The van der Waals surface area contributed by atoms with Gasteiger partial charge in [-0.15, -0.1) is 0 Å². The van der Waals surface area contributed by atoms with E-state index in [-0.39, 0.29) is 28.8 Å². The molecule has 24 heavy (non-hydrogen) atoms. The summed E-state index contributed by atoms with van der Waals surface area (Å²) in [7, 11) is 0. The monoisotopic (exact) mass is 344 g/mol. The minimum Gasteiger partial charge on any atom is -0.396 e. The number of benzene rings is 1. The number of hydrogen-bond acceptors (Lipinski definition) is 5. The first-order valence-electron chi connectivity index (χ1n) is 6.62. The predicted octanol–water partition coefficient (Wildman–Crippen LogP) is 3.75. The maximum atomic E-state index is 13.2. The lowest BCUT2D eigenvalue weighted by Gasteiger charge is -2.12. The Balaban J connectivity index is 2.03. The van der Waals surface area contributed by atoms with Crippen LogP contribution in [0.4, 0.5) is 27.6 Å². The van der Waals surface area contributed by atoms with Gasteiger partial charge >= 0.3 is 6.18 Å². The Bertz CT molecular complexity index is 873. The minimum atomic E-state index is -4.47. The van der Waals surface area contributed by atoms with Crippen LogP contribution in [0.1, 0.15) is 28.8 Å². The Labute approximate surface area is 131 Å². The number of anilines is 1. The van der Waals surface area contributed by atoms with Gasteiger partial charge in [-0.3, -0.25) is 0 Å². The topological polar surface area (TPSA) is 77.8 Å². The summed E-state index contributed by atoms with van der Waals surface area (Å²) in [4.78, 5) is 3.67. The zero-order chi connectivity index (χ0) is 17.5. The summed E-state index contributed by atoms with van der Waals surface area (Å²) < 4.78 is 68.6. The number of halogens is 5. The third-order valence-electron chi connectivity index (χ3n) is 3.46. The van der Waals surface area contributed by atoms with Gasteiger partial charge in [0.15, 0.2) is 5.52 Å². The molecule has 2 N–H and O–H groups in total. The van der Waals surface area contributed by atoms with Gasteiger partial charge in [0, 0.05) is 12.0 Å². The molecule has 0 spiro atoms. The van der Waals surface area contributed by atoms with Crippen molar-refractivity contribution in [1.29, 1.82) is 0 Å². The van der Waals surface area contributed by atoms with Gasteiger partial charge in [0.2, 0.25) is 5.65 Å². The van der Waals surface area contributed by atoms with E-state index in [1.54, 1.807) is 0 Å². The highest BCUT2D eigenvalue weighted by atomic mass is 19.4. The van der Waals surface area contributed by atoms with Crippen LogP contribution in [-0.4, -0.2) is 15.3 Å². The molecule has 0 aliphatic heterocycles. The normalized spacial score (nSPS) is 12.2. The summed E-state index contributed by atoms with van der Waals surface area (Å²) in [5, 5.41) is 6.87. The predicted molar refractivity (Wildman–Crippen MR) is 73.2 cm³/mol. The Morgan fingerprint density at radius 2 is 1.75 bits per heavy atom. The fraction of sp³-hybridized carbons (Fsp3) is 0.214. The molecule has 0 aliphatic carbocycles. The molecule has 5 nitrogen and oxygen atoms in total. The molecule has 0 aliphatic rings. The SMILES string of the molecule is Nc1c(Cc2ccc(C(F)(F)F)cc2)c(C(F)F)nc2nonc12. The lowest BCUT2D eigenvalue weighted by molar-refractivity contribution is -0.137. The van der Waals surface area contributed by atoms with Crippen LogP contribution < -0.4 is 5.73 Å². The van der Waals surface area contributed by atoms with Crippen LogP contribution in [0.25, 0.3) is 11.2 Å². The summed E-state index contributed by atoms with van der Waals surface area (Å²) in [6.45, 7) is 0. The molecule has 3 rings (SSSR count). The molecule has 0 unspecified atom stereocenters. The zero-order valence-electron chi connectivity index (χ0n) is 11.8. The van der Waals surface area contributed by atoms with Crippen LogP contribution in [0.3, 0.4) is 0 Å². The van der Waals surface area contributed by atoms with E-state index in [0.29, 0.717) is 5.56 Å². The van der Waals surface area contributed by atoms with Gasteiger partial charge in [0.25, 0.3) is 6.43 Å². The second-order valence-electron chi connectivity index (χ2n) is 5.00. The maximum absolute atomic E-state index is 13.2. The van der Waals surface area contributed by atoms with Gasteiger partial charge in [0.1, 0.15) is 5.69 Å². The van der Waals surface area contributed by atoms with Crippen molar-refractivity contribution in [2.24, 2.45) is 0 Å². The number of nitrogens with zero attached hydrogens (tertiary/aromatic N) is 3. The van der Waals surface area contributed by atoms with Crippen molar-refractivity contribution in [3.8, 4) is 0 Å². The Morgan fingerprint density at radius 1 is 1.08 bits per heavy atom. The van der Waals surface area contributed by atoms with Crippen molar-refractivity contribution in [3.05, 3.63) is 46.6 Å². The van der Waals surface area contributed by atoms with E-state index >= 15 is 0 Å². The van der Waals surface area contributed by atoms with E-state index in [1.807, 2.05) is 0 Å². The molecule has 0 saturated heterocycles. The molecule has 0 atom stereocenters. The number of rotatable bonds is 3. The Kier molecular flexibility index (Phi) is 3.82. The van der Waals surface area contributed by atoms with Gasteiger partial charge in [-0.05, 0) is 28.0 Å². The third-order valence-corrected chi connectivity index (χ3v) is 3.46. The quantitative estimate of drug-likeness (QED) is 0.732. The highest BCUT2D eigenvalue weighted by Crippen LogP contribution is 2.33. The van der Waals surface area contributed by atoms with E-state index in [9.17, 15) is 22.0 Å². The maximum Gasteiger partial charge on any atom is 0.416 e. The average molecular weight is 344 g/mol. The lowest BCUT2D eigenvalue weighted by Crippen LogP contribution is -2.07. The van der Waals surface area contributed by atoms with Gasteiger partial charge < -0.3 is 5.73 Å². The first kappa shape index (κ1) is 16.1. The number of nitrogens with two attached hydrogens (primary N) is 1. The number of fused-ring (bicyclic) bond motifs is 1. The van der Waals surface area contributed by atoms with Crippen molar-refractivity contribution in [2.75, 3.05) is 5.73 Å². The lowest BCUT2D eigenvalue weighted by atomic mass is 10.00. The summed E-state index contributed by atoms with van der Waals surface area (Å²) in [5.41, 5.74) is 4.54. The van der Waals surface area contributed by atoms with Gasteiger partial charge in [-0.1, -0.05) is 12.1 Å². The van der Waals surface area contributed by atoms with E-state index in [1.165, 1.54) is 12.1 Å². The van der Waals surface area contributed by atoms with Gasteiger partial charge in [-0.25, -0.2) is 18.4 Å². The minimum absolute atomic E-state index is 0.0204. The van der Waals surface area contributed by atoms with E-state index in [2.05, 4.69) is 19.9 Å². The highest BCUT2D eigenvalue weighted by molar-refractivity contribution is 5.85. The smallest absolute Gasteiger partial charge is 0.396 e. The van der Waals surface area contributed by atoms with Crippen LogP contribution in [0.2, 0.25) is 0 Å². The van der Waals surface area contributed by atoms with Crippen LogP contribution in [0, 0.1) is 0 Å². The van der Waals surface area contributed by atoms with Crippen molar-refractivity contribution < 1.29 is 26.6 Å². The van der Waals surface area contributed by atoms with Crippen molar-refractivity contribution >= 4 is 16.9 Å².